The maximum Gasteiger partial charge on any atom is 0.337 e. The molecule has 1 aliphatic rings. The van der Waals surface area contributed by atoms with Crippen LogP contribution in [0.4, 0.5) is 4.79 Å². The number of esters is 1. The minimum absolute atomic E-state index is 0.179. The van der Waals surface area contributed by atoms with E-state index in [1.807, 2.05) is 6.92 Å². The van der Waals surface area contributed by atoms with Crippen molar-refractivity contribution in [2.45, 2.75) is 33.0 Å². The van der Waals surface area contributed by atoms with Gasteiger partial charge >= 0.3 is 12.0 Å². The fourth-order valence-corrected chi connectivity index (χ4v) is 4.35. The maximum atomic E-state index is 12.4. The van der Waals surface area contributed by atoms with Gasteiger partial charge in [0.2, 0.25) is 0 Å². The molecule has 0 fully saturated rings. The summed E-state index contributed by atoms with van der Waals surface area (Å²) in [6.45, 7) is 5.79. The fraction of sp³-hybridized carbons (Fsp3) is 0.346. The minimum atomic E-state index is -1.18. The van der Waals surface area contributed by atoms with Gasteiger partial charge in [0.15, 0.2) is 17.7 Å². The Morgan fingerprint density at radius 2 is 1.90 bits per heavy atom. The second-order valence-electron chi connectivity index (χ2n) is 8.15. The predicted molar refractivity (Wildman–Crippen MR) is 147 cm³/mol. The number of rotatable bonds is 12. The van der Waals surface area contributed by atoms with E-state index in [1.165, 1.54) is 13.3 Å². The van der Waals surface area contributed by atoms with Gasteiger partial charge in [0.25, 0.3) is 0 Å². The van der Waals surface area contributed by atoms with E-state index in [1.54, 1.807) is 44.2 Å². The molecule has 0 saturated carbocycles. The zero-order chi connectivity index (χ0) is 28.5. The van der Waals surface area contributed by atoms with Crippen LogP contribution >= 0.6 is 23.2 Å². The van der Waals surface area contributed by atoms with Crippen molar-refractivity contribution in [1.82, 2.24) is 16.1 Å². The van der Waals surface area contributed by atoms with Crippen LogP contribution < -0.4 is 30.3 Å². The molecule has 4 N–H and O–H groups in total. The van der Waals surface area contributed by atoms with Crippen molar-refractivity contribution in [2.75, 3.05) is 26.9 Å². The average Bonchev–Trinajstić information content (AvgIpc) is 2.89. The van der Waals surface area contributed by atoms with Crippen LogP contribution in [0.25, 0.3) is 0 Å². The molecule has 0 aromatic heterocycles. The summed E-state index contributed by atoms with van der Waals surface area (Å²) in [5, 5.41) is 20.4. The third-order valence-electron chi connectivity index (χ3n) is 5.43. The summed E-state index contributed by atoms with van der Waals surface area (Å²) in [5.74, 6) is 0.541. The second-order valence-corrected chi connectivity index (χ2v) is 9.00. The molecule has 1 aliphatic heterocycles. The van der Waals surface area contributed by atoms with Crippen LogP contribution in [0.15, 0.2) is 46.7 Å². The van der Waals surface area contributed by atoms with Crippen molar-refractivity contribution >= 4 is 41.4 Å². The van der Waals surface area contributed by atoms with Crippen molar-refractivity contribution in [3.63, 3.8) is 0 Å². The summed E-state index contributed by atoms with van der Waals surface area (Å²) in [7, 11) is 1.27. The number of nitrogens with zero attached hydrogens (tertiary/aromatic N) is 1. The molecule has 2 aromatic carbocycles. The molecule has 13 heteroatoms. The monoisotopic (exact) mass is 580 g/mol. The SMILES string of the molecule is CCOc1cc([C@@H]2NC(=O)NC(C)=C2C(=O)OC)ccc1OC[C@@H](O)N/N=C/c1cc(Cl)cc(Cl)c1OCC. The maximum absolute atomic E-state index is 12.4. The summed E-state index contributed by atoms with van der Waals surface area (Å²) in [4.78, 5) is 24.5. The number of ether oxygens (including phenoxy) is 4. The largest absolute Gasteiger partial charge is 0.492 e. The van der Waals surface area contributed by atoms with E-state index in [0.29, 0.717) is 57.3 Å². The Morgan fingerprint density at radius 1 is 1.15 bits per heavy atom. The van der Waals surface area contributed by atoms with E-state index in [-0.39, 0.29) is 12.2 Å². The normalized spacial score (nSPS) is 15.9. The highest BCUT2D eigenvalue weighted by Gasteiger charge is 2.32. The van der Waals surface area contributed by atoms with E-state index >= 15 is 0 Å². The lowest BCUT2D eigenvalue weighted by Gasteiger charge is -2.28. The highest BCUT2D eigenvalue weighted by molar-refractivity contribution is 6.36. The first-order valence-electron chi connectivity index (χ1n) is 12.0. The molecule has 2 aromatic rings. The van der Waals surface area contributed by atoms with Gasteiger partial charge in [0.05, 0.1) is 43.2 Å². The van der Waals surface area contributed by atoms with Gasteiger partial charge < -0.3 is 34.7 Å². The Balaban J connectivity index is 1.72. The number of carbonyl (C=O) groups excluding carboxylic acids is 2. The predicted octanol–water partition coefficient (Wildman–Crippen LogP) is 3.91. The standard InChI is InChI=1S/C26H30Cl2N4O7/c1-5-37-20-10-15(23-22(25(34)36-4)14(3)30-26(35)31-23)7-8-19(20)39-13-21(33)32-29-12-16-9-17(27)11-18(28)24(16)38-6-2/h7-12,21,23,32-33H,5-6,13H2,1-4H3,(H2,30,31,35)/b29-12+/t21-,23+/m1/s1. The lowest BCUT2D eigenvalue weighted by atomic mass is 9.95. The van der Waals surface area contributed by atoms with E-state index in [4.69, 9.17) is 42.1 Å². The Labute approximate surface area is 236 Å². The highest BCUT2D eigenvalue weighted by Crippen LogP contribution is 2.35. The fourth-order valence-electron chi connectivity index (χ4n) is 3.79. The Morgan fingerprint density at radius 3 is 2.59 bits per heavy atom. The third-order valence-corrected chi connectivity index (χ3v) is 5.92. The summed E-state index contributed by atoms with van der Waals surface area (Å²) in [6, 6.07) is 6.94. The average molecular weight is 581 g/mol. The van der Waals surface area contributed by atoms with E-state index in [2.05, 4.69) is 21.2 Å². The van der Waals surface area contributed by atoms with Gasteiger partial charge in [-0.05, 0) is 50.6 Å². The Bertz CT molecular complexity index is 1270. The van der Waals surface area contributed by atoms with Crippen LogP contribution in [-0.4, -0.2) is 56.5 Å². The number of urea groups is 1. The number of methoxy groups -OCH3 is 1. The summed E-state index contributed by atoms with van der Waals surface area (Å²) in [6.07, 6.45) is 0.245. The topological polar surface area (TPSA) is 140 Å². The molecule has 0 aliphatic carbocycles. The summed E-state index contributed by atoms with van der Waals surface area (Å²) in [5.41, 5.74) is 4.32. The van der Waals surface area contributed by atoms with Gasteiger partial charge in [-0.15, -0.1) is 0 Å². The number of halogens is 2. The van der Waals surface area contributed by atoms with Crippen molar-refractivity contribution in [1.29, 1.82) is 0 Å². The van der Waals surface area contributed by atoms with Crippen molar-refractivity contribution in [3.8, 4) is 17.2 Å². The number of hydrogen-bond acceptors (Lipinski definition) is 9. The molecule has 210 valence electrons. The molecular weight excluding hydrogens is 551 g/mol. The molecule has 0 unspecified atom stereocenters. The first-order valence-corrected chi connectivity index (χ1v) is 12.8. The molecule has 0 saturated heterocycles. The molecule has 0 bridgehead atoms. The summed E-state index contributed by atoms with van der Waals surface area (Å²) < 4.78 is 21.9. The van der Waals surface area contributed by atoms with Crippen LogP contribution in [0, 0.1) is 0 Å². The smallest absolute Gasteiger partial charge is 0.337 e. The molecule has 3 rings (SSSR count). The van der Waals surface area contributed by atoms with E-state index < -0.39 is 24.3 Å². The van der Waals surface area contributed by atoms with Gasteiger partial charge in [-0.1, -0.05) is 29.3 Å². The number of benzene rings is 2. The number of amides is 2. The quantitative estimate of drug-likeness (QED) is 0.128. The summed E-state index contributed by atoms with van der Waals surface area (Å²) >= 11 is 12.3. The van der Waals surface area contributed by atoms with Crippen LogP contribution in [0.1, 0.15) is 37.9 Å². The second kappa shape index (κ2) is 13.9. The lowest BCUT2D eigenvalue weighted by Crippen LogP contribution is -2.45. The highest BCUT2D eigenvalue weighted by atomic mass is 35.5. The number of hydrogen-bond donors (Lipinski definition) is 4. The number of aliphatic hydroxyl groups excluding tert-OH is 1. The lowest BCUT2D eigenvalue weighted by molar-refractivity contribution is -0.136. The zero-order valence-corrected chi connectivity index (χ0v) is 23.4. The van der Waals surface area contributed by atoms with Gasteiger partial charge in [0, 0.05) is 16.3 Å². The molecule has 2 amide bonds. The number of nitrogens with one attached hydrogen (secondary N) is 3. The molecule has 39 heavy (non-hydrogen) atoms. The van der Waals surface area contributed by atoms with Gasteiger partial charge in [0.1, 0.15) is 12.4 Å². The number of aliphatic hydroxyl groups is 1. The van der Waals surface area contributed by atoms with E-state index in [0.717, 1.165) is 0 Å². The number of carbonyl (C=O) groups is 2. The molecule has 1 heterocycles. The first-order chi connectivity index (χ1) is 18.7. The van der Waals surface area contributed by atoms with Gasteiger partial charge in [-0.2, -0.15) is 5.10 Å². The molecule has 11 nitrogen and oxygen atoms in total. The molecule has 0 radical (unpaired) electrons. The van der Waals surface area contributed by atoms with Crippen molar-refractivity contribution in [2.24, 2.45) is 5.10 Å². The van der Waals surface area contributed by atoms with Crippen LogP contribution in [-0.2, 0) is 9.53 Å². The van der Waals surface area contributed by atoms with Crippen LogP contribution in [0.2, 0.25) is 10.0 Å². The van der Waals surface area contributed by atoms with Gasteiger partial charge in [-0.25, -0.2) is 9.59 Å². The number of hydrazone groups is 1. The van der Waals surface area contributed by atoms with E-state index in [9.17, 15) is 14.7 Å². The molecule has 2 atom stereocenters. The Kier molecular flexibility index (Phi) is 10.7. The van der Waals surface area contributed by atoms with Crippen molar-refractivity contribution < 1.29 is 33.6 Å². The zero-order valence-electron chi connectivity index (χ0n) is 21.8. The Hall–Kier alpha value is -3.67. The van der Waals surface area contributed by atoms with Crippen molar-refractivity contribution in [3.05, 3.63) is 62.8 Å². The van der Waals surface area contributed by atoms with Crippen LogP contribution in [0.3, 0.4) is 0 Å². The molecule has 0 spiro atoms. The van der Waals surface area contributed by atoms with Crippen LogP contribution in [0.5, 0.6) is 17.2 Å². The third kappa shape index (κ3) is 7.69. The van der Waals surface area contributed by atoms with Gasteiger partial charge in [-0.3, -0.25) is 5.43 Å². The first kappa shape index (κ1) is 29.9. The molecular formula is C26H30Cl2N4O7. The number of allylic oxidation sites excluding steroid dienone is 1. The minimum Gasteiger partial charge on any atom is -0.492 e.